The molecule has 0 radical (unpaired) electrons. The summed E-state index contributed by atoms with van der Waals surface area (Å²) in [5.74, 6) is 0. The van der Waals surface area contributed by atoms with E-state index >= 15 is 0 Å². The van der Waals surface area contributed by atoms with Gasteiger partial charge in [0, 0.05) is 6.54 Å². The van der Waals surface area contributed by atoms with Crippen LogP contribution in [0.5, 0.6) is 0 Å². The van der Waals surface area contributed by atoms with Crippen LogP contribution < -0.4 is 0 Å². The van der Waals surface area contributed by atoms with Crippen molar-refractivity contribution >= 4 is 17.9 Å². The molecule has 1 aromatic rings. The van der Waals surface area contributed by atoms with Gasteiger partial charge in [0.15, 0.2) is 6.29 Å². The van der Waals surface area contributed by atoms with E-state index in [1.165, 1.54) is 0 Å². The van der Waals surface area contributed by atoms with E-state index < -0.39 is 0 Å². The van der Waals surface area contributed by atoms with Gasteiger partial charge in [0.2, 0.25) is 0 Å². The van der Waals surface area contributed by atoms with E-state index in [-0.39, 0.29) is 0 Å². The van der Waals surface area contributed by atoms with Crippen LogP contribution in [-0.4, -0.2) is 16.1 Å². The molecule has 0 bridgehead atoms. The normalized spacial score (nSPS) is 10.2. The summed E-state index contributed by atoms with van der Waals surface area (Å²) in [6.45, 7) is 4.57. The van der Waals surface area contributed by atoms with Gasteiger partial charge in [0.1, 0.15) is 5.15 Å². The Morgan fingerprint density at radius 3 is 2.75 bits per heavy atom. The quantitative estimate of drug-likeness (QED) is 0.678. The number of hydrogen-bond acceptors (Lipinski definition) is 2. The molecular formula is C8H11ClN2O. The Balaban J connectivity index is 3.08. The first-order valence-electron chi connectivity index (χ1n) is 3.88. The van der Waals surface area contributed by atoms with Gasteiger partial charge in [0.25, 0.3) is 0 Å². The summed E-state index contributed by atoms with van der Waals surface area (Å²) in [4.78, 5) is 10.5. The molecule has 1 rings (SSSR count). The Kier molecular flexibility index (Phi) is 2.87. The van der Waals surface area contributed by atoms with E-state index in [0.717, 1.165) is 19.3 Å². The van der Waals surface area contributed by atoms with Crippen molar-refractivity contribution in [3.63, 3.8) is 0 Å². The van der Waals surface area contributed by atoms with Crippen molar-refractivity contribution in [3.05, 3.63) is 16.4 Å². The molecule has 1 heterocycles. The molecule has 0 unspecified atom stereocenters. The Morgan fingerprint density at radius 1 is 1.67 bits per heavy atom. The lowest BCUT2D eigenvalue weighted by molar-refractivity contribution is 0.112. The van der Waals surface area contributed by atoms with Crippen LogP contribution in [0.3, 0.4) is 0 Å². The van der Waals surface area contributed by atoms with Crippen LogP contribution in [0.25, 0.3) is 0 Å². The maximum atomic E-state index is 10.5. The van der Waals surface area contributed by atoms with Gasteiger partial charge in [-0.15, -0.1) is 0 Å². The van der Waals surface area contributed by atoms with E-state index in [2.05, 4.69) is 5.10 Å². The van der Waals surface area contributed by atoms with Crippen molar-refractivity contribution in [2.45, 2.75) is 26.8 Å². The van der Waals surface area contributed by atoms with Gasteiger partial charge in [-0.3, -0.25) is 9.48 Å². The summed E-state index contributed by atoms with van der Waals surface area (Å²) in [5, 5.41) is 4.57. The van der Waals surface area contributed by atoms with E-state index in [1.807, 2.05) is 6.92 Å². The molecule has 0 aliphatic heterocycles. The number of aldehydes is 1. The molecule has 12 heavy (non-hydrogen) atoms. The molecule has 0 amide bonds. The zero-order valence-electron chi connectivity index (χ0n) is 7.17. The Hall–Kier alpha value is -0.830. The SMILES string of the molecule is CCCn1nc(C)c(C=O)c1Cl. The van der Waals surface area contributed by atoms with Gasteiger partial charge < -0.3 is 0 Å². The largest absolute Gasteiger partial charge is 0.298 e. The van der Waals surface area contributed by atoms with Crippen LogP contribution in [0.1, 0.15) is 29.4 Å². The third-order valence-corrected chi connectivity index (χ3v) is 2.06. The van der Waals surface area contributed by atoms with Crippen molar-refractivity contribution in [1.82, 2.24) is 9.78 Å². The monoisotopic (exact) mass is 186 g/mol. The highest BCUT2D eigenvalue weighted by Crippen LogP contribution is 2.17. The molecular weight excluding hydrogens is 176 g/mol. The lowest BCUT2D eigenvalue weighted by atomic mass is 10.3. The van der Waals surface area contributed by atoms with Crippen molar-refractivity contribution in [2.24, 2.45) is 0 Å². The molecule has 0 atom stereocenters. The highest BCUT2D eigenvalue weighted by molar-refractivity contribution is 6.32. The zero-order valence-corrected chi connectivity index (χ0v) is 7.93. The number of rotatable bonds is 3. The molecule has 0 saturated heterocycles. The van der Waals surface area contributed by atoms with E-state index in [4.69, 9.17) is 11.6 Å². The number of carbonyl (C=O) groups is 1. The molecule has 0 fully saturated rings. The highest BCUT2D eigenvalue weighted by Gasteiger charge is 2.10. The minimum Gasteiger partial charge on any atom is -0.298 e. The van der Waals surface area contributed by atoms with Gasteiger partial charge in [-0.05, 0) is 13.3 Å². The number of nitrogens with zero attached hydrogens (tertiary/aromatic N) is 2. The Labute approximate surface area is 76.3 Å². The first kappa shape index (κ1) is 9.26. The van der Waals surface area contributed by atoms with E-state index in [1.54, 1.807) is 11.6 Å². The minimum atomic E-state index is 0.448. The van der Waals surface area contributed by atoms with Gasteiger partial charge in [0.05, 0.1) is 11.3 Å². The Morgan fingerprint density at radius 2 is 2.33 bits per heavy atom. The van der Waals surface area contributed by atoms with Gasteiger partial charge in [-0.1, -0.05) is 18.5 Å². The molecule has 0 aliphatic rings. The van der Waals surface area contributed by atoms with Crippen LogP contribution in [-0.2, 0) is 6.54 Å². The molecule has 3 nitrogen and oxygen atoms in total. The molecule has 0 aliphatic carbocycles. The van der Waals surface area contributed by atoms with E-state index in [0.29, 0.717) is 16.4 Å². The average molecular weight is 187 g/mol. The second-order valence-corrected chi connectivity index (χ2v) is 2.99. The molecule has 66 valence electrons. The number of aromatic nitrogens is 2. The summed E-state index contributed by atoms with van der Waals surface area (Å²) < 4.78 is 1.65. The lowest BCUT2D eigenvalue weighted by Gasteiger charge is -1.97. The summed E-state index contributed by atoms with van der Waals surface area (Å²) in [6.07, 6.45) is 1.70. The molecule has 0 N–H and O–H groups in total. The van der Waals surface area contributed by atoms with Crippen LogP contribution in [0.15, 0.2) is 0 Å². The van der Waals surface area contributed by atoms with Gasteiger partial charge in [-0.25, -0.2) is 0 Å². The van der Waals surface area contributed by atoms with Crippen molar-refractivity contribution in [1.29, 1.82) is 0 Å². The minimum absolute atomic E-state index is 0.448. The van der Waals surface area contributed by atoms with Crippen molar-refractivity contribution in [3.8, 4) is 0 Å². The number of carbonyl (C=O) groups excluding carboxylic acids is 1. The third kappa shape index (κ3) is 1.50. The first-order chi connectivity index (χ1) is 5.70. The lowest BCUT2D eigenvalue weighted by Crippen LogP contribution is -1.98. The topological polar surface area (TPSA) is 34.9 Å². The molecule has 0 aromatic carbocycles. The molecule has 0 saturated carbocycles. The summed E-state index contributed by atoms with van der Waals surface area (Å²) in [6, 6.07) is 0. The third-order valence-electron chi connectivity index (χ3n) is 1.66. The fourth-order valence-electron chi connectivity index (χ4n) is 1.06. The predicted molar refractivity (Wildman–Crippen MR) is 47.7 cm³/mol. The Bertz CT molecular complexity index is 293. The molecule has 0 spiro atoms. The summed E-state index contributed by atoms with van der Waals surface area (Å²) >= 11 is 5.88. The van der Waals surface area contributed by atoms with E-state index in [9.17, 15) is 4.79 Å². The fraction of sp³-hybridized carbons (Fsp3) is 0.500. The second-order valence-electron chi connectivity index (χ2n) is 2.63. The van der Waals surface area contributed by atoms with Gasteiger partial charge in [-0.2, -0.15) is 5.10 Å². The van der Waals surface area contributed by atoms with Crippen molar-refractivity contribution < 1.29 is 4.79 Å². The maximum absolute atomic E-state index is 10.5. The van der Waals surface area contributed by atoms with Crippen LogP contribution in [0, 0.1) is 6.92 Å². The van der Waals surface area contributed by atoms with Gasteiger partial charge >= 0.3 is 0 Å². The number of halogens is 1. The fourth-order valence-corrected chi connectivity index (χ4v) is 1.36. The van der Waals surface area contributed by atoms with Crippen LogP contribution in [0.2, 0.25) is 5.15 Å². The number of aryl methyl sites for hydroxylation is 2. The first-order valence-corrected chi connectivity index (χ1v) is 4.26. The summed E-state index contributed by atoms with van der Waals surface area (Å²) in [5.41, 5.74) is 1.20. The maximum Gasteiger partial charge on any atom is 0.155 e. The average Bonchev–Trinajstić information content (AvgIpc) is 2.29. The predicted octanol–water partition coefficient (Wildman–Crippen LogP) is 2.07. The van der Waals surface area contributed by atoms with Crippen molar-refractivity contribution in [2.75, 3.05) is 0 Å². The standard InChI is InChI=1S/C8H11ClN2O/c1-3-4-11-8(9)7(5-12)6(2)10-11/h5H,3-4H2,1-2H3. The van der Waals surface area contributed by atoms with Crippen LogP contribution in [0.4, 0.5) is 0 Å². The number of hydrogen-bond donors (Lipinski definition) is 0. The zero-order chi connectivity index (χ0) is 9.14. The second kappa shape index (κ2) is 3.72. The summed E-state index contributed by atoms with van der Waals surface area (Å²) in [7, 11) is 0. The molecule has 4 heteroatoms. The van der Waals surface area contributed by atoms with Crippen LogP contribution >= 0.6 is 11.6 Å². The highest BCUT2D eigenvalue weighted by atomic mass is 35.5. The smallest absolute Gasteiger partial charge is 0.155 e. The molecule has 1 aromatic heterocycles.